The molecule has 1 aromatic heterocycles. The lowest BCUT2D eigenvalue weighted by Crippen LogP contribution is -2.13. The molecule has 4 heteroatoms. The molecule has 62 heavy (non-hydrogen) atoms. The van der Waals surface area contributed by atoms with Gasteiger partial charge in [-0.2, -0.15) is 0 Å². The molecule has 0 fully saturated rings. The van der Waals surface area contributed by atoms with Crippen LogP contribution >= 0.6 is 0 Å². The average Bonchev–Trinajstić information content (AvgIpc) is 3.74. The third kappa shape index (κ3) is 8.63. The normalized spacial score (nSPS) is 11.3. The Bertz CT molecular complexity index is 3120. The first-order valence-electron chi connectivity index (χ1n) is 20.8. The van der Waals surface area contributed by atoms with Gasteiger partial charge in [0.05, 0.1) is 13.1 Å². The summed E-state index contributed by atoms with van der Waals surface area (Å²) in [6.45, 7) is 4.91. The zero-order valence-electron chi connectivity index (χ0n) is 34.4. The molecule has 0 bridgehead atoms. The number of furan rings is 1. The fourth-order valence-corrected chi connectivity index (χ4v) is 8.00. The SMILES string of the molecule is C=NCc1cccc(-c2cccc(-c3ccc(-c4ccccc4)c4oc5c(-c6ccccc6)cc(-c6ccccc6)cc5c34)c2)c1.NC(=NCc1ccccc1)c1ccccc1. The molecular formula is C58H45N3O. The van der Waals surface area contributed by atoms with E-state index in [2.05, 4.69) is 180 Å². The minimum atomic E-state index is 0.587. The Morgan fingerprint density at radius 3 is 1.58 bits per heavy atom. The Kier molecular flexibility index (Phi) is 11.7. The number of rotatable bonds is 10. The summed E-state index contributed by atoms with van der Waals surface area (Å²) in [5, 5.41) is 2.22. The van der Waals surface area contributed by atoms with Crippen LogP contribution in [-0.4, -0.2) is 12.6 Å². The van der Waals surface area contributed by atoms with Crippen molar-refractivity contribution in [3.05, 3.63) is 241 Å². The van der Waals surface area contributed by atoms with Gasteiger partial charge in [0, 0.05) is 27.5 Å². The third-order valence-corrected chi connectivity index (χ3v) is 11.1. The van der Waals surface area contributed by atoms with Crippen molar-refractivity contribution in [1.82, 2.24) is 0 Å². The van der Waals surface area contributed by atoms with Gasteiger partial charge in [-0.15, -0.1) is 0 Å². The van der Waals surface area contributed by atoms with Crippen molar-refractivity contribution in [1.29, 1.82) is 0 Å². The number of nitrogens with zero attached hydrogens (tertiary/aromatic N) is 2. The molecule has 0 unspecified atom stereocenters. The molecule has 0 saturated carbocycles. The molecule has 0 radical (unpaired) electrons. The van der Waals surface area contributed by atoms with Gasteiger partial charge in [-0.1, -0.05) is 194 Å². The second-order valence-corrected chi connectivity index (χ2v) is 15.2. The molecule has 4 nitrogen and oxygen atoms in total. The van der Waals surface area contributed by atoms with Gasteiger partial charge in [-0.25, -0.2) is 0 Å². The van der Waals surface area contributed by atoms with Gasteiger partial charge < -0.3 is 10.2 Å². The van der Waals surface area contributed by atoms with E-state index in [9.17, 15) is 0 Å². The molecule has 0 aliphatic rings. The number of aliphatic imine (C=N–C) groups is 2. The maximum atomic E-state index is 7.02. The number of hydrogen-bond donors (Lipinski definition) is 1. The molecule has 0 saturated heterocycles. The number of fused-ring (bicyclic) bond motifs is 3. The van der Waals surface area contributed by atoms with E-state index in [-0.39, 0.29) is 0 Å². The summed E-state index contributed by atoms with van der Waals surface area (Å²) in [4.78, 5) is 8.45. The van der Waals surface area contributed by atoms with Crippen LogP contribution in [0.4, 0.5) is 0 Å². The second kappa shape index (κ2) is 18.5. The molecule has 0 aliphatic heterocycles. The van der Waals surface area contributed by atoms with E-state index in [1.165, 1.54) is 11.1 Å². The smallest absolute Gasteiger partial charge is 0.143 e. The minimum absolute atomic E-state index is 0.587. The van der Waals surface area contributed by atoms with E-state index in [1.807, 2.05) is 60.7 Å². The van der Waals surface area contributed by atoms with Crippen LogP contribution in [0.15, 0.2) is 239 Å². The summed E-state index contributed by atoms with van der Waals surface area (Å²) in [7, 11) is 0. The van der Waals surface area contributed by atoms with Crippen molar-refractivity contribution >= 4 is 34.5 Å². The van der Waals surface area contributed by atoms with Crippen molar-refractivity contribution < 1.29 is 4.42 Å². The highest BCUT2D eigenvalue weighted by molar-refractivity contribution is 6.19. The molecule has 0 amide bonds. The summed E-state index contributed by atoms with van der Waals surface area (Å²) < 4.78 is 7.02. The maximum absolute atomic E-state index is 7.02. The van der Waals surface area contributed by atoms with Crippen molar-refractivity contribution in [2.24, 2.45) is 15.7 Å². The Hall–Kier alpha value is -8.08. The van der Waals surface area contributed by atoms with Gasteiger partial charge >= 0.3 is 0 Å². The lowest BCUT2D eigenvalue weighted by molar-refractivity contribution is 0.671. The highest BCUT2D eigenvalue weighted by atomic mass is 16.3. The van der Waals surface area contributed by atoms with Gasteiger partial charge in [-0.3, -0.25) is 9.98 Å². The highest BCUT2D eigenvalue weighted by Gasteiger charge is 2.21. The Morgan fingerprint density at radius 2 is 0.919 bits per heavy atom. The molecule has 0 spiro atoms. The molecular weight excluding hydrogens is 755 g/mol. The number of nitrogens with two attached hydrogens (primary N) is 1. The molecule has 0 atom stereocenters. The van der Waals surface area contributed by atoms with E-state index in [0.29, 0.717) is 18.9 Å². The zero-order valence-corrected chi connectivity index (χ0v) is 34.4. The fraction of sp³-hybridized carbons (Fsp3) is 0.0345. The summed E-state index contributed by atoms with van der Waals surface area (Å²) in [6, 6.07) is 78.0. The Morgan fingerprint density at radius 1 is 0.403 bits per heavy atom. The number of hydrogen-bond acceptors (Lipinski definition) is 3. The lowest BCUT2D eigenvalue weighted by atomic mass is 9.91. The van der Waals surface area contributed by atoms with Crippen LogP contribution in [0.25, 0.3) is 77.6 Å². The van der Waals surface area contributed by atoms with Gasteiger partial charge in [-0.05, 0) is 92.7 Å². The van der Waals surface area contributed by atoms with Crippen molar-refractivity contribution in [3.8, 4) is 55.6 Å². The molecule has 10 aromatic rings. The quantitative estimate of drug-likeness (QED) is 0.111. The summed E-state index contributed by atoms with van der Waals surface area (Å²) in [5.41, 5.74) is 22.3. The van der Waals surface area contributed by atoms with E-state index in [4.69, 9.17) is 10.2 Å². The summed E-state index contributed by atoms with van der Waals surface area (Å²) >= 11 is 0. The molecule has 10 rings (SSSR count). The predicted octanol–water partition coefficient (Wildman–Crippen LogP) is 14.7. The number of amidine groups is 1. The van der Waals surface area contributed by atoms with Crippen LogP contribution in [0.2, 0.25) is 0 Å². The lowest BCUT2D eigenvalue weighted by Gasteiger charge is -2.11. The third-order valence-electron chi connectivity index (χ3n) is 11.1. The first kappa shape index (κ1) is 39.4. The monoisotopic (exact) mass is 799 g/mol. The maximum Gasteiger partial charge on any atom is 0.143 e. The molecule has 298 valence electrons. The predicted molar refractivity (Wildman–Crippen MR) is 261 cm³/mol. The van der Waals surface area contributed by atoms with E-state index < -0.39 is 0 Å². The van der Waals surface area contributed by atoms with Crippen LogP contribution in [0.1, 0.15) is 16.7 Å². The van der Waals surface area contributed by atoms with Crippen LogP contribution < -0.4 is 5.73 Å². The van der Waals surface area contributed by atoms with E-state index in [1.54, 1.807) is 0 Å². The van der Waals surface area contributed by atoms with Gasteiger partial charge in [0.1, 0.15) is 17.0 Å². The second-order valence-electron chi connectivity index (χ2n) is 15.2. The summed E-state index contributed by atoms with van der Waals surface area (Å²) in [5.74, 6) is 0.587. The minimum Gasteiger partial charge on any atom is -0.455 e. The van der Waals surface area contributed by atoms with E-state index in [0.717, 1.165) is 83.1 Å². The van der Waals surface area contributed by atoms with Crippen LogP contribution in [0.5, 0.6) is 0 Å². The van der Waals surface area contributed by atoms with E-state index >= 15 is 0 Å². The van der Waals surface area contributed by atoms with Gasteiger partial charge in [0.25, 0.3) is 0 Å². The van der Waals surface area contributed by atoms with Crippen molar-refractivity contribution in [2.75, 3.05) is 0 Å². The zero-order chi connectivity index (χ0) is 42.1. The van der Waals surface area contributed by atoms with Crippen LogP contribution in [-0.2, 0) is 13.1 Å². The molecule has 1 heterocycles. The summed E-state index contributed by atoms with van der Waals surface area (Å²) in [6.07, 6.45) is 0. The van der Waals surface area contributed by atoms with Crippen molar-refractivity contribution in [2.45, 2.75) is 13.1 Å². The molecule has 9 aromatic carbocycles. The van der Waals surface area contributed by atoms with Crippen molar-refractivity contribution in [3.63, 3.8) is 0 Å². The number of benzene rings is 9. The fourth-order valence-electron chi connectivity index (χ4n) is 8.00. The standard InChI is InChI=1S/C44H31NO.C14H14N2/c1-45-29-30-13-11-20-34(25-30)35-21-12-22-36(26-35)38-23-24-39(32-16-7-3-8-17-32)44-42(38)41-28-37(31-14-5-2-6-15-31)27-40(43(41)46-44)33-18-9-4-10-19-33;15-14(13-9-5-2-6-10-13)16-11-12-7-3-1-4-8-12/h2-28H,1,29H2;1-10H,11H2,(H2,15,16). The topological polar surface area (TPSA) is 63.9 Å². The molecule has 0 aliphatic carbocycles. The van der Waals surface area contributed by atoms with Crippen LogP contribution in [0.3, 0.4) is 0 Å². The molecule has 2 N–H and O–H groups in total. The Balaban J connectivity index is 0.000000258. The largest absolute Gasteiger partial charge is 0.455 e. The highest BCUT2D eigenvalue weighted by Crippen LogP contribution is 2.46. The first-order chi connectivity index (χ1) is 30.6. The van der Waals surface area contributed by atoms with Gasteiger partial charge in [0.2, 0.25) is 0 Å². The van der Waals surface area contributed by atoms with Gasteiger partial charge in [0.15, 0.2) is 0 Å². The Labute approximate surface area is 363 Å². The first-order valence-corrected chi connectivity index (χ1v) is 20.8. The average molecular weight is 800 g/mol. The van der Waals surface area contributed by atoms with Crippen LogP contribution in [0, 0.1) is 0 Å².